The zero-order valence-corrected chi connectivity index (χ0v) is 10.3. The molecule has 0 amide bonds. The van der Waals surface area contributed by atoms with Gasteiger partial charge in [-0.3, -0.25) is 0 Å². The van der Waals surface area contributed by atoms with Crippen molar-refractivity contribution >= 4 is 5.57 Å². The molecule has 0 N–H and O–H groups in total. The average molecular weight is 200 g/mol. The monoisotopic (exact) mass is 200 g/mol. The summed E-state index contributed by atoms with van der Waals surface area (Å²) in [6, 6.07) is 4.59. The van der Waals surface area contributed by atoms with E-state index in [9.17, 15) is 0 Å². The molecule has 0 nitrogen and oxygen atoms in total. The Labute approximate surface area is 93.0 Å². The van der Waals surface area contributed by atoms with E-state index < -0.39 is 0 Å². The molecule has 80 valence electrons. The van der Waals surface area contributed by atoms with Gasteiger partial charge in [-0.25, -0.2) is 0 Å². The van der Waals surface area contributed by atoms with Gasteiger partial charge in [-0.1, -0.05) is 23.3 Å². The Morgan fingerprint density at radius 1 is 1.00 bits per heavy atom. The van der Waals surface area contributed by atoms with Gasteiger partial charge in [0.2, 0.25) is 0 Å². The standard InChI is InChI=1S/C15H20/c1-10-8-11(2)15(12(3)9-10)13(4)14-6-5-7-14/h8-9H,5-7H2,1-4H3. The zero-order chi connectivity index (χ0) is 11.0. The highest BCUT2D eigenvalue weighted by Crippen LogP contribution is 2.35. The van der Waals surface area contributed by atoms with E-state index in [0.29, 0.717) is 0 Å². The van der Waals surface area contributed by atoms with Crippen molar-refractivity contribution in [3.63, 3.8) is 0 Å². The zero-order valence-electron chi connectivity index (χ0n) is 10.3. The van der Waals surface area contributed by atoms with Crippen LogP contribution in [0.25, 0.3) is 5.57 Å². The summed E-state index contributed by atoms with van der Waals surface area (Å²) >= 11 is 0. The minimum atomic E-state index is 1.32. The molecular formula is C15H20. The fraction of sp³-hybridized carbons (Fsp3) is 0.467. The summed E-state index contributed by atoms with van der Waals surface area (Å²) < 4.78 is 0. The lowest BCUT2D eigenvalue weighted by Crippen LogP contribution is -2.02. The molecule has 1 aromatic rings. The maximum Gasteiger partial charge on any atom is -0.0169 e. The summed E-state index contributed by atoms with van der Waals surface area (Å²) in [7, 11) is 0. The molecule has 0 radical (unpaired) electrons. The summed E-state index contributed by atoms with van der Waals surface area (Å²) in [6.45, 7) is 8.94. The number of allylic oxidation sites excluding steroid dienone is 2. The largest absolute Gasteiger partial charge is 0.0667 e. The molecule has 1 aliphatic carbocycles. The van der Waals surface area contributed by atoms with Crippen LogP contribution < -0.4 is 0 Å². The average Bonchev–Trinajstić information content (AvgIpc) is 1.97. The smallest absolute Gasteiger partial charge is 0.0169 e. The highest BCUT2D eigenvalue weighted by Gasteiger charge is 2.15. The van der Waals surface area contributed by atoms with Gasteiger partial charge in [0.05, 0.1) is 0 Å². The first-order valence-electron chi connectivity index (χ1n) is 5.86. The van der Waals surface area contributed by atoms with Crippen molar-refractivity contribution in [1.82, 2.24) is 0 Å². The van der Waals surface area contributed by atoms with E-state index in [1.807, 2.05) is 0 Å². The van der Waals surface area contributed by atoms with Crippen LogP contribution in [-0.4, -0.2) is 0 Å². The van der Waals surface area contributed by atoms with Crippen LogP contribution in [0.2, 0.25) is 0 Å². The first-order chi connectivity index (χ1) is 7.09. The quantitative estimate of drug-likeness (QED) is 0.623. The molecule has 0 heterocycles. The molecule has 0 aromatic heterocycles. The summed E-state index contributed by atoms with van der Waals surface area (Å²) in [5.74, 6) is 0. The molecule has 0 bridgehead atoms. The topological polar surface area (TPSA) is 0 Å². The Kier molecular flexibility index (Phi) is 2.68. The number of benzene rings is 1. The molecule has 0 spiro atoms. The number of hydrogen-bond acceptors (Lipinski definition) is 0. The van der Waals surface area contributed by atoms with E-state index in [0.717, 1.165) is 0 Å². The minimum Gasteiger partial charge on any atom is -0.0667 e. The van der Waals surface area contributed by atoms with Crippen molar-refractivity contribution in [2.24, 2.45) is 0 Å². The molecule has 0 saturated heterocycles. The lowest BCUT2D eigenvalue weighted by Gasteiger charge is -2.22. The third-order valence-corrected chi connectivity index (χ3v) is 3.54. The number of aryl methyl sites for hydroxylation is 3. The fourth-order valence-corrected chi connectivity index (χ4v) is 2.68. The van der Waals surface area contributed by atoms with E-state index in [-0.39, 0.29) is 0 Å². The Morgan fingerprint density at radius 2 is 1.53 bits per heavy atom. The van der Waals surface area contributed by atoms with Crippen LogP contribution >= 0.6 is 0 Å². The van der Waals surface area contributed by atoms with Crippen LogP contribution in [0.5, 0.6) is 0 Å². The molecule has 1 saturated carbocycles. The summed E-state index contributed by atoms with van der Waals surface area (Å²) in [5.41, 5.74) is 8.95. The third-order valence-electron chi connectivity index (χ3n) is 3.54. The van der Waals surface area contributed by atoms with Crippen LogP contribution in [0.15, 0.2) is 17.7 Å². The second-order valence-corrected chi connectivity index (χ2v) is 4.86. The third kappa shape index (κ3) is 1.86. The second kappa shape index (κ2) is 3.84. The van der Waals surface area contributed by atoms with Crippen molar-refractivity contribution in [3.8, 4) is 0 Å². The highest BCUT2D eigenvalue weighted by atomic mass is 14.2. The number of hydrogen-bond donors (Lipinski definition) is 0. The van der Waals surface area contributed by atoms with Crippen molar-refractivity contribution in [2.45, 2.75) is 47.0 Å². The Hall–Kier alpha value is -1.04. The van der Waals surface area contributed by atoms with Crippen molar-refractivity contribution in [3.05, 3.63) is 40.0 Å². The molecule has 2 rings (SSSR count). The van der Waals surface area contributed by atoms with Crippen LogP contribution in [-0.2, 0) is 0 Å². The number of rotatable bonds is 1. The van der Waals surface area contributed by atoms with E-state index in [4.69, 9.17) is 0 Å². The maximum absolute atomic E-state index is 2.30. The van der Waals surface area contributed by atoms with E-state index in [2.05, 4.69) is 39.8 Å². The molecule has 0 unspecified atom stereocenters. The van der Waals surface area contributed by atoms with Gasteiger partial charge >= 0.3 is 0 Å². The molecule has 0 heteroatoms. The molecule has 15 heavy (non-hydrogen) atoms. The first-order valence-corrected chi connectivity index (χ1v) is 5.86. The van der Waals surface area contributed by atoms with Crippen molar-refractivity contribution < 1.29 is 0 Å². The van der Waals surface area contributed by atoms with Crippen LogP contribution in [0.4, 0.5) is 0 Å². The Bertz CT molecular complexity index is 393. The molecule has 1 fully saturated rings. The van der Waals surface area contributed by atoms with Gasteiger partial charge in [-0.2, -0.15) is 0 Å². The van der Waals surface area contributed by atoms with E-state index >= 15 is 0 Å². The van der Waals surface area contributed by atoms with Crippen LogP contribution in [0.1, 0.15) is 48.4 Å². The van der Waals surface area contributed by atoms with Crippen LogP contribution in [0, 0.1) is 20.8 Å². The Morgan fingerprint density at radius 3 is 1.93 bits per heavy atom. The van der Waals surface area contributed by atoms with Crippen LogP contribution in [0.3, 0.4) is 0 Å². The highest BCUT2D eigenvalue weighted by molar-refractivity contribution is 5.73. The van der Waals surface area contributed by atoms with Gasteiger partial charge in [0.15, 0.2) is 0 Å². The van der Waals surface area contributed by atoms with Gasteiger partial charge in [-0.15, -0.1) is 0 Å². The summed E-state index contributed by atoms with van der Waals surface area (Å²) in [4.78, 5) is 0. The first kappa shape index (κ1) is 10.5. The van der Waals surface area contributed by atoms with Gasteiger partial charge in [0, 0.05) is 0 Å². The SMILES string of the molecule is CC(=C1CCC1)c1c(C)cc(C)cc1C. The molecule has 0 atom stereocenters. The second-order valence-electron chi connectivity index (χ2n) is 4.86. The van der Waals surface area contributed by atoms with Gasteiger partial charge in [0.1, 0.15) is 0 Å². The van der Waals surface area contributed by atoms with Gasteiger partial charge in [0.25, 0.3) is 0 Å². The summed E-state index contributed by atoms with van der Waals surface area (Å²) in [5, 5.41) is 0. The van der Waals surface area contributed by atoms with Gasteiger partial charge < -0.3 is 0 Å². The lowest BCUT2D eigenvalue weighted by molar-refractivity contribution is 0.665. The normalized spacial score (nSPS) is 15.1. The summed E-state index contributed by atoms with van der Waals surface area (Å²) in [6.07, 6.45) is 4.02. The van der Waals surface area contributed by atoms with E-state index in [1.165, 1.54) is 47.1 Å². The molecule has 1 aromatic carbocycles. The molecule has 0 aliphatic heterocycles. The predicted octanol–water partition coefficient (Wildman–Crippen LogP) is 4.57. The predicted molar refractivity (Wildman–Crippen MR) is 67.1 cm³/mol. The molecule has 1 aliphatic rings. The molecular weight excluding hydrogens is 180 g/mol. The lowest BCUT2D eigenvalue weighted by atomic mass is 9.83. The van der Waals surface area contributed by atoms with Crippen molar-refractivity contribution in [2.75, 3.05) is 0 Å². The maximum atomic E-state index is 2.30. The fourth-order valence-electron chi connectivity index (χ4n) is 2.68. The van der Waals surface area contributed by atoms with E-state index in [1.54, 1.807) is 5.57 Å². The Balaban J connectivity index is 2.52. The minimum absolute atomic E-state index is 1.32. The van der Waals surface area contributed by atoms with Crippen molar-refractivity contribution in [1.29, 1.82) is 0 Å². The van der Waals surface area contributed by atoms with Gasteiger partial charge in [-0.05, 0) is 69.2 Å².